The first-order chi connectivity index (χ1) is 14.5. The van der Waals surface area contributed by atoms with Crippen molar-refractivity contribution in [2.24, 2.45) is 5.92 Å². The van der Waals surface area contributed by atoms with E-state index in [1.54, 1.807) is 4.68 Å². The van der Waals surface area contributed by atoms with Gasteiger partial charge in [-0.25, -0.2) is 4.68 Å². The second-order valence-corrected chi connectivity index (χ2v) is 8.28. The van der Waals surface area contributed by atoms with Crippen LogP contribution in [0.5, 0.6) is 5.75 Å². The Balaban J connectivity index is 1.59. The normalized spacial score (nSPS) is 12.3. The average Bonchev–Trinajstić information content (AvgIpc) is 3.04. The highest BCUT2D eigenvalue weighted by atomic mass is 35.5. The van der Waals surface area contributed by atoms with E-state index in [1.807, 2.05) is 61.5 Å². The number of para-hydroxylation sites is 1. The summed E-state index contributed by atoms with van der Waals surface area (Å²) in [4.78, 5) is 0. The highest BCUT2D eigenvalue weighted by Gasteiger charge is 2.15. The van der Waals surface area contributed by atoms with Gasteiger partial charge in [-0.05, 0) is 49.1 Å². The van der Waals surface area contributed by atoms with Crippen molar-refractivity contribution >= 4 is 11.6 Å². The van der Waals surface area contributed by atoms with Crippen molar-refractivity contribution in [1.82, 2.24) is 15.1 Å². The molecule has 1 aromatic heterocycles. The van der Waals surface area contributed by atoms with Crippen LogP contribution in [0.3, 0.4) is 0 Å². The topological polar surface area (TPSA) is 59.3 Å². The molecule has 1 atom stereocenters. The molecule has 1 heterocycles. The summed E-state index contributed by atoms with van der Waals surface area (Å²) in [5.41, 5.74) is 3.80. The Morgan fingerprint density at radius 1 is 1.10 bits per heavy atom. The first-order valence-electron chi connectivity index (χ1n) is 10.3. The molecule has 0 unspecified atom stereocenters. The Hall–Kier alpha value is -2.34. The maximum atomic E-state index is 9.49. The van der Waals surface area contributed by atoms with E-state index in [0.717, 1.165) is 34.7 Å². The van der Waals surface area contributed by atoms with E-state index in [2.05, 4.69) is 24.3 Å². The molecule has 2 aromatic carbocycles. The first kappa shape index (κ1) is 22.3. The van der Waals surface area contributed by atoms with Crippen LogP contribution in [0.25, 0.3) is 5.69 Å². The van der Waals surface area contributed by atoms with Gasteiger partial charge in [-0.15, -0.1) is 0 Å². The lowest BCUT2D eigenvalue weighted by molar-refractivity contribution is 0.223. The molecule has 30 heavy (non-hydrogen) atoms. The van der Waals surface area contributed by atoms with Gasteiger partial charge >= 0.3 is 0 Å². The van der Waals surface area contributed by atoms with Crippen molar-refractivity contribution in [3.05, 3.63) is 76.6 Å². The van der Waals surface area contributed by atoms with Gasteiger partial charge < -0.3 is 15.2 Å². The summed E-state index contributed by atoms with van der Waals surface area (Å²) < 4.78 is 7.69. The van der Waals surface area contributed by atoms with Crippen LogP contribution in [0.2, 0.25) is 5.15 Å². The lowest BCUT2D eigenvalue weighted by Gasteiger charge is -2.18. The van der Waals surface area contributed by atoms with E-state index < -0.39 is 0 Å². The monoisotopic (exact) mass is 427 g/mol. The number of aryl methyl sites for hydroxylation is 1. The van der Waals surface area contributed by atoms with Gasteiger partial charge in [0.15, 0.2) is 0 Å². The number of nitrogens with zero attached hydrogens (tertiary/aromatic N) is 2. The fraction of sp³-hybridized carbons (Fsp3) is 0.375. The largest absolute Gasteiger partial charge is 0.489 e. The molecule has 6 heteroatoms. The van der Waals surface area contributed by atoms with Gasteiger partial charge in [-0.2, -0.15) is 5.10 Å². The smallest absolute Gasteiger partial charge is 0.139 e. The third kappa shape index (κ3) is 5.85. The number of ether oxygens (including phenoxy) is 1. The molecule has 3 rings (SSSR count). The molecule has 0 saturated heterocycles. The van der Waals surface area contributed by atoms with Gasteiger partial charge in [0.1, 0.15) is 17.5 Å². The molecule has 0 aliphatic carbocycles. The minimum atomic E-state index is 0.118. The van der Waals surface area contributed by atoms with Crippen molar-refractivity contribution in [2.45, 2.75) is 46.4 Å². The highest BCUT2D eigenvalue weighted by molar-refractivity contribution is 6.30. The molecular formula is C24H30ClN3O2. The van der Waals surface area contributed by atoms with E-state index in [9.17, 15) is 5.11 Å². The van der Waals surface area contributed by atoms with Crippen LogP contribution in [-0.2, 0) is 13.2 Å². The minimum Gasteiger partial charge on any atom is -0.489 e. The van der Waals surface area contributed by atoms with E-state index in [4.69, 9.17) is 16.3 Å². The Bertz CT molecular complexity index is 924. The summed E-state index contributed by atoms with van der Waals surface area (Å²) in [5, 5.41) is 18.0. The molecule has 0 bridgehead atoms. The molecule has 3 aromatic rings. The summed E-state index contributed by atoms with van der Waals surface area (Å²) in [6.45, 7) is 7.48. The number of nitrogens with one attached hydrogen (secondary N) is 1. The Morgan fingerprint density at radius 2 is 1.80 bits per heavy atom. The van der Waals surface area contributed by atoms with E-state index in [-0.39, 0.29) is 12.6 Å². The zero-order chi connectivity index (χ0) is 21.5. The molecule has 160 valence electrons. The summed E-state index contributed by atoms with van der Waals surface area (Å²) in [6, 6.07) is 17.9. The molecule has 0 amide bonds. The maximum absolute atomic E-state index is 9.49. The summed E-state index contributed by atoms with van der Waals surface area (Å²) in [7, 11) is 0. The number of aliphatic hydroxyl groups excluding tert-OH is 1. The van der Waals surface area contributed by atoms with Crippen molar-refractivity contribution in [3.8, 4) is 11.4 Å². The van der Waals surface area contributed by atoms with Crippen molar-refractivity contribution in [1.29, 1.82) is 0 Å². The van der Waals surface area contributed by atoms with Crippen LogP contribution in [-0.4, -0.2) is 27.5 Å². The van der Waals surface area contributed by atoms with Crippen molar-refractivity contribution in [3.63, 3.8) is 0 Å². The Kier molecular flexibility index (Phi) is 7.91. The maximum Gasteiger partial charge on any atom is 0.139 e. The first-order valence-corrected chi connectivity index (χ1v) is 10.7. The zero-order valence-electron chi connectivity index (χ0n) is 17.8. The SMILES string of the molecule is Cc1nn(-c2ccccc2)c(Cl)c1COc1ccc(CN[C@@H](CO)CC(C)C)cc1. The lowest BCUT2D eigenvalue weighted by atomic mass is 10.0. The van der Waals surface area contributed by atoms with E-state index in [1.165, 1.54) is 0 Å². The third-order valence-electron chi connectivity index (χ3n) is 5.00. The van der Waals surface area contributed by atoms with Gasteiger partial charge in [0, 0.05) is 18.2 Å². The molecule has 0 aliphatic rings. The molecule has 5 nitrogen and oxygen atoms in total. The van der Waals surface area contributed by atoms with Crippen molar-refractivity contribution in [2.75, 3.05) is 6.61 Å². The van der Waals surface area contributed by atoms with Crippen LogP contribution < -0.4 is 10.1 Å². The van der Waals surface area contributed by atoms with Gasteiger partial charge in [0.2, 0.25) is 0 Å². The van der Waals surface area contributed by atoms with Crippen LogP contribution >= 0.6 is 11.6 Å². The average molecular weight is 428 g/mol. The standard InChI is InChI=1S/C24H30ClN3O2/c1-17(2)13-20(15-29)26-14-19-9-11-22(12-10-19)30-16-23-18(3)27-28(24(23)25)21-7-5-4-6-8-21/h4-12,17,20,26,29H,13-16H2,1-3H3/t20-/m1/s1. The molecular weight excluding hydrogens is 398 g/mol. The number of hydrogen-bond donors (Lipinski definition) is 2. The second kappa shape index (κ2) is 10.6. The van der Waals surface area contributed by atoms with Crippen LogP contribution in [0.1, 0.15) is 37.1 Å². The number of aliphatic hydroxyl groups is 1. The summed E-state index contributed by atoms with van der Waals surface area (Å²) in [6.07, 6.45) is 0.953. The minimum absolute atomic E-state index is 0.118. The van der Waals surface area contributed by atoms with Crippen LogP contribution in [0.4, 0.5) is 0 Å². The molecule has 0 fully saturated rings. The van der Waals surface area contributed by atoms with Gasteiger partial charge in [-0.1, -0.05) is 55.8 Å². The number of aromatic nitrogens is 2. The van der Waals surface area contributed by atoms with E-state index in [0.29, 0.717) is 24.2 Å². The number of halogens is 1. The molecule has 0 spiro atoms. The Morgan fingerprint density at radius 3 is 2.43 bits per heavy atom. The number of rotatable bonds is 10. The zero-order valence-corrected chi connectivity index (χ0v) is 18.6. The molecule has 0 aliphatic heterocycles. The molecule has 0 saturated carbocycles. The third-order valence-corrected chi connectivity index (χ3v) is 5.39. The highest BCUT2D eigenvalue weighted by Crippen LogP contribution is 2.25. The van der Waals surface area contributed by atoms with E-state index >= 15 is 0 Å². The summed E-state index contributed by atoms with van der Waals surface area (Å²) >= 11 is 6.57. The fourth-order valence-electron chi connectivity index (χ4n) is 3.35. The van der Waals surface area contributed by atoms with Gasteiger partial charge in [0.05, 0.1) is 18.0 Å². The predicted molar refractivity (Wildman–Crippen MR) is 121 cm³/mol. The van der Waals surface area contributed by atoms with Crippen LogP contribution in [0.15, 0.2) is 54.6 Å². The van der Waals surface area contributed by atoms with Gasteiger partial charge in [0.25, 0.3) is 0 Å². The van der Waals surface area contributed by atoms with Gasteiger partial charge in [-0.3, -0.25) is 0 Å². The summed E-state index contributed by atoms with van der Waals surface area (Å²) in [5.74, 6) is 1.33. The fourth-order valence-corrected chi connectivity index (χ4v) is 3.68. The second-order valence-electron chi connectivity index (χ2n) is 7.92. The quantitative estimate of drug-likeness (QED) is 0.482. The molecule has 0 radical (unpaired) electrons. The predicted octanol–water partition coefficient (Wildman–Crippen LogP) is 4.91. The van der Waals surface area contributed by atoms with Crippen molar-refractivity contribution < 1.29 is 9.84 Å². The number of benzene rings is 2. The Labute approximate surface area is 183 Å². The lowest BCUT2D eigenvalue weighted by Crippen LogP contribution is -2.33. The molecule has 2 N–H and O–H groups in total. The van der Waals surface area contributed by atoms with Crippen LogP contribution in [0, 0.1) is 12.8 Å². The number of hydrogen-bond acceptors (Lipinski definition) is 4.